The molecular formula is C19H24N2O3. The number of aliphatic hydroxyl groups is 1. The van der Waals surface area contributed by atoms with Crippen LogP contribution in [0.3, 0.4) is 0 Å². The summed E-state index contributed by atoms with van der Waals surface area (Å²) >= 11 is 0. The van der Waals surface area contributed by atoms with Crippen molar-refractivity contribution in [2.45, 2.75) is 32.7 Å². The molecule has 1 aromatic carbocycles. The number of fused-ring (bicyclic) bond motifs is 1. The number of para-hydroxylation sites is 1. The van der Waals surface area contributed by atoms with Gasteiger partial charge in [0.2, 0.25) is 5.91 Å². The summed E-state index contributed by atoms with van der Waals surface area (Å²) in [6.45, 7) is 3.89. The van der Waals surface area contributed by atoms with Crippen molar-refractivity contribution in [1.29, 1.82) is 0 Å². The van der Waals surface area contributed by atoms with Crippen LogP contribution in [0.5, 0.6) is 0 Å². The second-order valence-corrected chi connectivity index (χ2v) is 6.72. The van der Waals surface area contributed by atoms with Gasteiger partial charge in [-0.2, -0.15) is 0 Å². The molecule has 1 aromatic heterocycles. The summed E-state index contributed by atoms with van der Waals surface area (Å²) in [4.78, 5) is 26.4. The van der Waals surface area contributed by atoms with Crippen LogP contribution in [0.15, 0.2) is 41.3 Å². The molecule has 5 nitrogen and oxygen atoms in total. The lowest BCUT2D eigenvalue weighted by molar-refractivity contribution is -0.134. The van der Waals surface area contributed by atoms with Gasteiger partial charge in [0, 0.05) is 37.3 Å². The summed E-state index contributed by atoms with van der Waals surface area (Å²) in [6.07, 6.45) is 4.32. The van der Waals surface area contributed by atoms with Crippen molar-refractivity contribution in [3.8, 4) is 0 Å². The predicted molar refractivity (Wildman–Crippen MR) is 93.8 cm³/mol. The lowest BCUT2D eigenvalue weighted by Crippen LogP contribution is -2.45. The van der Waals surface area contributed by atoms with Crippen molar-refractivity contribution >= 4 is 16.8 Å². The number of benzene rings is 1. The molecule has 2 aromatic rings. The van der Waals surface area contributed by atoms with Crippen LogP contribution < -0.4 is 5.43 Å². The van der Waals surface area contributed by atoms with E-state index in [4.69, 9.17) is 0 Å². The first-order valence-corrected chi connectivity index (χ1v) is 8.55. The predicted octanol–water partition coefficient (Wildman–Crippen LogP) is 2.01. The molecule has 1 aliphatic rings. The minimum Gasteiger partial charge on any atom is -0.396 e. The fourth-order valence-electron chi connectivity index (χ4n) is 3.50. The summed E-state index contributed by atoms with van der Waals surface area (Å²) in [7, 11) is 0. The van der Waals surface area contributed by atoms with E-state index in [0.29, 0.717) is 18.5 Å². The fourth-order valence-corrected chi connectivity index (χ4v) is 3.50. The van der Waals surface area contributed by atoms with Crippen LogP contribution in [0.25, 0.3) is 10.9 Å². The molecule has 3 rings (SSSR count). The lowest BCUT2D eigenvalue weighted by Gasteiger charge is -2.40. The number of rotatable bonds is 4. The number of piperidine rings is 1. The average Bonchev–Trinajstić information content (AvgIpc) is 2.64. The van der Waals surface area contributed by atoms with Gasteiger partial charge >= 0.3 is 0 Å². The van der Waals surface area contributed by atoms with Gasteiger partial charge in [0.25, 0.3) is 0 Å². The first-order chi connectivity index (χ1) is 11.6. The molecule has 128 valence electrons. The Morgan fingerprint density at radius 1 is 1.21 bits per heavy atom. The number of carbonyl (C=O) groups excluding carboxylic acids is 1. The summed E-state index contributed by atoms with van der Waals surface area (Å²) in [5, 5.41) is 10.2. The molecule has 0 bridgehead atoms. The van der Waals surface area contributed by atoms with Crippen molar-refractivity contribution in [2.75, 3.05) is 19.7 Å². The number of carbonyl (C=O) groups is 1. The van der Waals surface area contributed by atoms with Crippen LogP contribution in [0.1, 0.15) is 26.2 Å². The topological polar surface area (TPSA) is 62.5 Å². The smallest absolute Gasteiger partial charge is 0.242 e. The van der Waals surface area contributed by atoms with Crippen molar-refractivity contribution < 1.29 is 9.90 Å². The van der Waals surface area contributed by atoms with Gasteiger partial charge in [-0.05, 0) is 36.8 Å². The Morgan fingerprint density at radius 3 is 2.58 bits per heavy atom. The number of likely N-dealkylation sites (tertiary alicyclic amines) is 1. The first kappa shape index (κ1) is 16.7. The van der Waals surface area contributed by atoms with E-state index in [1.807, 2.05) is 27.7 Å². The molecule has 0 radical (unpaired) electrons. The van der Waals surface area contributed by atoms with Crippen LogP contribution in [0, 0.1) is 5.41 Å². The van der Waals surface area contributed by atoms with Crippen molar-refractivity contribution in [3.05, 3.63) is 46.8 Å². The van der Waals surface area contributed by atoms with Crippen LogP contribution in [-0.2, 0) is 11.3 Å². The Bertz CT molecular complexity index is 783. The maximum Gasteiger partial charge on any atom is 0.242 e. The highest BCUT2D eigenvalue weighted by Gasteiger charge is 2.33. The van der Waals surface area contributed by atoms with Crippen LogP contribution in [0.4, 0.5) is 0 Å². The zero-order valence-electron chi connectivity index (χ0n) is 14.1. The minimum absolute atomic E-state index is 0.0250. The summed E-state index contributed by atoms with van der Waals surface area (Å²) in [5.74, 6) is 0.0615. The van der Waals surface area contributed by atoms with Gasteiger partial charge in [-0.1, -0.05) is 19.1 Å². The van der Waals surface area contributed by atoms with E-state index in [2.05, 4.69) is 6.92 Å². The Hall–Kier alpha value is -2.14. The average molecular weight is 328 g/mol. The standard InChI is InChI=1S/C19H24N2O3/c1-2-19(14-22)8-11-20(12-9-19)18(24)13-21-10-7-17(23)15-5-3-4-6-16(15)21/h3-7,10,22H,2,8-9,11-14H2,1H3. The van der Waals surface area contributed by atoms with Crippen LogP contribution >= 0.6 is 0 Å². The molecule has 1 aliphatic heterocycles. The highest BCUT2D eigenvalue weighted by atomic mass is 16.3. The van der Waals surface area contributed by atoms with Crippen LogP contribution in [-0.4, -0.2) is 40.2 Å². The second kappa shape index (κ2) is 6.77. The minimum atomic E-state index is -0.0270. The zero-order valence-corrected chi connectivity index (χ0v) is 14.1. The largest absolute Gasteiger partial charge is 0.396 e. The van der Waals surface area contributed by atoms with Crippen molar-refractivity contribution in [1.82, 2.24) is 9.47 Å². The number of nitrogens with zero attached hydrogens (tertiary/aromatic N) is 2. The number of hydrogen-bond acceptors (Lipinski definition) is 3. The van der Waals surface area contributed by atoms with E-state index in [0.717, 1.165) is 24.8 Å². The molecule has 1 N–H and O–H groups in total. The third-order valence-electron chi connectivity index (χ3n) is 5.45. The van der Waals surface area contributed by atoms with Crippen molar-refractivity contribution in [3.63, 3.8) is 0 Å². The maximum absolute atomic E-state index is 12.6. The molecule has 5 heteroatoms. The quantitative estimate of drug-likeness (QED) is 0.934. The van der Waals surface area contributed by atoms with Crippen molar-refractivity contribution in [2.24, 2.45) is 5.41 Å². The number of pyridine rings is 1. The Kier molecular flexibility index (Phi) is 4.71. The monoisotopic (exact) mass is 328 g/mol. The molecular weight excluding hydrogens is 304 g/mol. The molecule has 1 fully saturated rings. The lowest BCUT2D eigenvalue weighted by atomic mass is 9.77. The fraction of sp³-hybridized carbons (Fsp3) is 0.474. The van der Waals surface area contributed by atoms with E-state index >= 15 is 0 Å². The highest BCUT2D eigenvalue weighted by Crippen LogP contribution is 2.34. The van der Waals surface area contributed by atoms with E-state index in [-0.39, 0.29) is 29.9 Å². The molecule has 0 aliphatic carbocycles. The summed E-state index contributed by atoms with van der Waals surface area (Å²) in [5.41, 5.74) is 0.734. The highest BCUT2D eigenvalue weighted by molar-refractivity contribution is 5.82. The SMILES string of the molecule is CCC1(CO)CCN(C(=O)Cn2ccc(=O)c3ccccc32)CC1. The van der Waals surface area contributed by atoms with Gasteiger partial charge in [-0.3, -0.25) is 9.59 Å². The van der Waals surface area contributed by atoms with E-state index in [1.165, 1.54) is 6.07 Å². The molecule has 0 saturated carbocycles. The number of aliphatic hydroxyl groups excluding tert-OH is 1. The van der Waals surface area contributed by atoms with Crippen LogP contribution in [0.2, 0.25) is 0 Å². The zero-order chi connectivity index (χ0) is 17.2. The molecule has 24 heavy (non-hydrogen) atoms. The van der Waals surface area contributed by atoms with E-state index < -0.39 is 0 Å². The first-order valence-electron chi connectivity index (χ1n) is 8.55. The Labute approximate surface area is 141 Å². The second-order valence-electron chi connectivity index (χ2n) is 6.72. The molecule has 0 unspecified atom stereocenters. The third kappa shape index (κ3) is 3.08. The summed E-state index contributed by atoms with van der Waals surface area (Å²) < 4.78 is 1.84. The van der Waals surface area contributed by atoms with Gasteiger partial charge in [-0.25, -0.2) is 0 Å². The van der Waals surface area contributed by atoms with Gasteiger partial charge < -0.3 is 14.6 Å². The number of amides is 1. The molecule has 0 spiro atoms. The Morgan fingerprint density at radius 2 is 1.92 bits per heavy atom. The molecule has 2 heterocycles. The number of aromatic nitrogens is 1. The summed E-state index contributed by atoms with van der Waals surface area (Å²) in [6, 6.07) is 8.88. The van der Waals surface area contributed by atoms with E-state index in [1.54, 1.807) is 12.3 Å². The maximum atomic E-state index is 12.6. The van der Waals surface area contributed by atoms with Gasteiger partial charge in [0.05, 0.1) is 5.52 Å². The molecule has 1 amide bonds. The van der Waals surface area contributed by atoms with Gasteiger partial charge in [-0.15, -0.1) is 0 Å². The molecule has 0 atom stereocenters. The Balaban J connectivity index is 1.75. The van der Waals surface area contributed by atoms with E-state index in [9.17, 15) is 14.7 Å². The van der Waals surface area contributed by atoms with Gasteiger partial charge in [0.1, 0.15) is 6.54 Å². The number of hydrogen-bond donors (Lipinski definition) is 1. The third-order valence-corrected chi connectivity index (χ3v) is 5.45. The van der Waals surface area contributed by atoms with Gasteiger partial charge in [0.15, 0.2) is 5.43 Å². The normalized spacial score (nSPS) is 17.2. The molecule has 1 saturated heterocycles.